The van der Waals surface area contributed by atoms with E-state index >= 15 is 0 Å². The van der Waals surface area contributed by atoms with Gasteiger partial charge in [-0.1, -0.05) is 32.4 Å². The SMILES string of the molecule is CCCN(Cc1cc(-c2cnc(C)c(C)c2)ccc1C)c1ncnc2c1CC[C@H](CC)C2. The quantitative estimate of drug-likeness (QED) is 0.437. The summed E-state index contributed by atoms with van der Waals surface area (Å²) in [5, 5.41) is 0. The van der Waals surface area contributed by atoms with Gasteiger partial charge in [0.05, 0.1) is 0 Å². The van der Waals surface area contributed by atoms with E-state index in [0.717, 1.165) is 49.8 Å². The predicted molar refractivity (Wildman–Crippen MR) is 133 cm³/mol. The molecule has 4 heteroatoms. The van der Waals surface area contributed by atoms with Gasteiger partial charge in [0.2, 0.25) is 0 Å². The summed E-state index contributed by atoms with van der Waals surface area (Å²) in [6.07, 6.45) is 9.53. The van der Waals surface area contributed by atoms with E-state index in [2.05, 4.69) is 73.8 Å². The highest BCUT2D eigenvalue weighted by atomic mass is 15.2. The smallest absolute Gasteiger partial charge is 0.135 e. The van der Waals surface area contributed by atoms with Crippen LogP contribution < -0.4 is 4.90 Å². The number of nitrogens with zero attached hydrogens (tertiary/aromatic N) is 4. The van der Waals surface area contributed by atoms with Crippen LogP contribution in [0.3, 0.4) is 0 Å². The Balaban J connectivity index is 1.66. The van der Waals surface area contributed by atoms with Crippen molar-refractivity contribution in [1.82, 2.24) is 15.0 Å². The maximum atomic E-state index is 4.79. The third-order valence-corrected chi connectivity index (χ3v) is 7.05. The Morgan fingerprint density at radius 3 is 2.56 bits per heavy atom. The predicted octanol–water partition coefficient (Wildman–Crippen LogP) is 6.40. The Morgan fingerprint density at radius 1 is 0.969 bits per heavy atom. The number of rotatable bonds is 7. The second-order valence-corrected chi connectivity index (χ2v) is 9.33. The summed E-state index contributed by atoms with van der Waals surface area (Å²) in [6, 6.07) is 9.04. The molecule has 4 nitrogen and oxygen atoms in total. The highest BCUT2D eigenvalue weighted by Crippen LogP contribution is 2.33. The molecule has 0 spiro atoms. The van der Waals surface area contributed by atoms with E-state index < -0.39 is 0 Å². The highest BCUT2D eigenvalue weighted by Gasteiger charge is 2.24. The van der Waals surface area contributed by atoms with Crippen molar-refractivity contribution in [2.75, 3.05) is 11.4 Å². The molecule has 0 saturated carbocycles. The van der Waals surface area contributed by atoms with E-state index in [1.807, 2.05) is 6.20 Å². The van der Waals surface area contributed by atoms with Crippen LogP contribution in [0.25, 0.3) is 11.1 Å². The largest absolute Gasteiger partial charge is 0.352 e. The maximum absolute atomic E-state index is 4.79. The van der Waals surface area contributed by atoms with Crippen LogP contribution >= 0.6 is 0 Å². The summed E-state index contributed by atoms with van der Waals surface area (Å²) >= 11 is 0. The van der Waals surface area contributed by atoms with Gasteiger partial charge in [-0.05, 0) is 86.8 Å². The first-order valence-corrected chi connectivity index (χ1v) is 12.1. The van der Waals surface area contributed by atoms with Gasteiger partial charge < -0.3 is 4.90 Å². The second kappa shape index (κ2) is 9.81. The molecule has 1 aromatic carbocycles. The van der Waals surface area contributed by atoms with Crippen LogP contribution in [0.1, 0.15) is 66.8 Å². The van der Waals surface area contributed by atoms with Gasteiger partial charge in [-0.25, -0.2) is 9.97 Å². The fourth-order valence-electron chi connectivity index (χ4n) is 4.77. The van der Waals surface area contributed by atoms with Crippen LogP contribution in [0.5, 0.6) is 0 Å². The van der Waals surface area contributed by atoms with E-state index in [1.165, 1.54) is 51.9 Å². The first kappa shape index (κ1) is 22.4. The van der Waals surface area contributed by atoms with Crippen LogP contribution in [0, 0.1) is 26.7 Å². The molecule has 0 N–H and O–H groups in total. The van der Waals surface area contributed by atoms with Crippen LogP contribution in [0.2, 0.25) is 0 Å². The average Bonchev–Trinajstić information content (AvgIpc) is 2.81. The molecule has 1 aliphatic carbocycles. The van der Waals surface area contributed by atoms with Gasteiger partial charge >= 0.3 is 0 Å². The molecule has 0 saturated heterocycles. The number of anilines is 1. The van der Waals surface area contributed by atoms with Crippen molar-refractivity contribution in [3.8, 4) is 11.1 Å². The summed E-state index contributed by atoms with van der Waals surface area (Å²) < 4.78 is 0. The van der Waals surface area contributed by atoms with E-state index in [9.17, 15) is 0 Å². The number of pyridine rings is 1. The third kappa shape index (κ3) is 4.69. The lowest BCUT2D eigenvalue weighted by Crippen LogP contribution is -2.28. The lowest BCUT2D eigenvalue weighted by molar-refractivity contribution is 0.436. The number of fused-ring (bicyclic) bond motifs is 1. The van der Waals surface area contributed by atoms with E-state index in [4.69, 9.17) is 4.98 Å². The summed E-state index contributed by atoms with van der Waals surface area (Å²) in [4.78, 5) is 16.5. The normalized spacial score (nSPS) is 15.5. The lowest BCUT2D eigenvalue weighted by atomic mass is 9.85. The molecule has 0 bridgehead atoms. The second-order valence-electron chi connectivity index (χ2n) is 9.33. The Bertz CT molecular complexity index is 1090. The maximum Gasteiger partial charge on any atom is 0.135 e. The molecule has 2 aromatic heterocycles. The van der Waals surface area contributed by atoms with E-state index in [-0.39, 0.29) is 0 Å². The number of hydrogen-bond donors (Lipinski definition) is 0. The fourth-order valence-corrected chi connectivity index (χ4v) is 4.77. The summed E-state index contributed by atoms with van der Waals surface area (Å²) in [6.45, 7) is 12.8. The molecular weight excluding hydrogens is 392 g/mol. The Kier molecular flexibility index (Phi) is 6.88. The summed E-state index contributed by atoms with van der Waals surface area (Å²) in [5.41, 5.74) is 10.0. The third-order valence-electron chi connectivity index (χ3n) is 7.05. The Labute approximate surface area is 193 Å². The minimum absolute atomic E-state index is 0.760. The minimum Gasteiger partial charge on any atom is -0.352 e. The molecule has 0 unspecified atom stereocenters. The zero-order valence-corrected chi connectivity index (χ0v) is 20.3. The number of benzene rings is 1. The lowest BCUT2D eigenvalue weighted by Gasteiger charge is -2.30. The van der Waals surface area contributed by atoms with E-state index in [0.29, 0.717) is 0 Å². The minimum atomic E-state index is 0.760. The van der Waals surface area contributed by atoms with Crippen LogP contribution in [0.15, 0.2) is 36.8 Å². The number of hydrogen-bond acceptors (Lipinski definition) is 4. The monoisotopic (exact) mass is 428 g/mol. The van der Waals surface area contributed by atoms with Crippen molar-refractivity contribution in [2.45, 2.75) is 73.3 Å². The molecule has 32 heavy (non-hydrogen) atoms. The summed E-state index contributed by atoms with van der Waals surface area (Å²) in [5.74, 6) is 1.90. The molecule has 0 amide bonds. The van der Waals surface area contributed by atoms with Crippen LogP contribution in [0.4, 0.5) is 5.82 Å². The molecule has 1 aliphatic rings. The topological polar surface area (TPSA) is 41.9 Å². The molecule has 0 radical (unpaired) electrons. The van der Waals surface area contributed by atoms with Gasteiger partial charge in [-0.2, -0.15) is 0 Å². The zero-order valence-electron chi connectivity index (χ0n) is 20.3. The van der Waals surface area contributed by atoms with Crippen molar-refractivity contribution >= 4 is 5.82 Å². The van der Waals surface area contributed by atoms with Gasteiger partial charge in [0.15, 0.2) is 0 Å². The van der Waals surface area contributed by atoms with Crippen molar-refractivity contribution in [2.24, 2.45) is 5.92 Å². The van der Waals surface area contributed by atoms with E-state index in [1.54, 1.807) is 6.33 Å². The first-order chi connectivity index (χ1) is 15.5. The van der Waals surface area contributed by atoms with Crippen molar-refractivity contribution in [3.63, 3.8) is 0 Å². The van der Waals surface area contributed by atoms with Gasteiger partial charge in [-0.3, -0.25) is 4.98 Å². The molecule has 3 aromatic rings. The number of aromatic nitrogens is 3. The van der Waals surface area contributed by atoms with Gasteiger partial charge in [0.1, 0.15) is 12.1 Å². The number of aryl methyl sites for hydroxylation is 3. The van der Waals surface area contributed by atoms with Crippen LogP contribution in [-0.2, 0) is 19.4 Å². The molecule has 168 valence electrons. The van der Waals surface area contributed by atoms with Gasteiger partial charge in [0.25, 0.3) is 0 Å². The zero-order chi connectivity index (χ0) is 22.7. The van der Waals surface area contributed by atoms with Crippen molar-refractivity contribution in [1.29, 1.82) is 0 Å². The Morgan fingerprint density at radius 2 is 1.81 bits per heavy atom. The highest BCUT2D eigenvalue weighted by molar-refractivity contribution is 5.65. The standard InChI is InChI=1S/C28H36N4/c1-6-12-32(28-26-11-9-22(7-2)14-27(26)30-18-31-28)17-25-15-23(10-8-19(25)3)24-13-20(4)21(5)29-16-24/h8,10,13,15-16,18,22H,6-7,9,11-12,14,17H2,1-5H3/t22-/m0/s1. The summed E-state index contributed by atoms with van der Waals surface area (Å²) in [7, 11) is 0. The fraction of sp³-hybridized carbons (Fsp3) is 0.464. The Hall–Kier alpha value is -2.75. The average molecular weight is 429 g/mol. The van der Waals surface area contributed by atoms with Gasteiger partial charge in [0, 0.05) is 41.8 Å². The van der Waals surface area contributed by atoms with Crippen molar-refractivity contribution < 1.29 is 0 Å². The molecule has 0 aliphatic heterocycles. The molecule has 2 heterocycles. The molecule has 1 atom stereocenters. The van der Waals surface area contributed by atoms with Crippen LogP contribution in [-0.4, -0.2) is 21.5 Å². The molecule has 4 rings (SSSR count). The first-order valence-electron chi connectivity index (χ1n) is 12.1. The van der Waals surface area contributed by atoms with Crippen molar-refractivity contribution in [3.05, 3.63) is 70.4 Å². The molecule has 0 fully saturated rings. The molecular formula is C28H36N4. The van der Waals surface area contributed by atoms with Gasteiger partial charge in [-0.15, -0.1) is 0 Å².